The number of aliphatic hydroxyl groups is 1. The number of aryl methyl sites for hydroxylation is 1. The van der Waals surface area contributed by atoms with E-state index < -0.39 is 5.69 Å². The zero-order chi connectivity index (χ0) is 20.5. The van der Waals surface area contributed by atoms with E-state index in [4.69, 9.17) is 5.11 Å². The zero-order valence-electron chi connectivity index (χ0n) is 16.3. The highest BCUT2D eigenvalue weighted by Crippen LogP contribution is 2.26. The largest absolute Gasteiger partial charge is 0.396 e. The van der Waals surface area contributed by atoms with Gasteiger partial charge in [-0.3, -0.25) is 13.9 Å². The Hall–Kier alpha value is -2.84. The van der Waals surface area contributed by atoms with Crippen LogP contribution in [0.4, 0.5) is 0 Å². The van der Waals surface area contributed by atoms with Crippen molar-refractivity contribution < 1.29 is 5.11 Å². The topological polar surface area (TPSA) is 82.1 Å². The summed E-state index contributed by atoms with van der Waals surface area (Å²) in [6.45, 7) is 0.559. The highest BCUT2D eigenvalue weighted by molar-refractivity contribution is 7.99. The van der Waals surface area contributed by atoms with E-state index in [1.165, 1.54) is 23.4 Å². The number of rotatable bonds is 6. The van der Waals surface area contributed by atoms with Crippen molar-refractivity contribution in [3.05, 3.63) is 68.9 Å². The summed E-state index contributed by atoms with van der Waals surface area (Å²) in [6.07, 6.45) is 0.624. The van der Waals surface area contributed by atoms with Gasteiger partial charge in [-0.2, -0.15) is 0 Å². The van der Waals surface area contributed by atoms with Gasteiger partial charge in [-0.15, -0.1) is 0 Å². The number of fused-ring (bicyclic) bond motifs is 2. The third kappa shape index (κ3) is 3.38. The van der Waals surface area contributed by atoms with E-state index in [0.717, 1.165) is 20.9 Å². The first-order valence-corrected chi connectivity index (χ1v) is 10.4. The molecule has 0 amide bonds. The third-order valence-corrected chi connectivity index (χ3v) is 6.12. The Morgan fingerprint density at radius 3 is 2.59 bits per heavy atom. The Morgan fingerprint density at radius 2 is 1.79 bits per heavy atom. The van der Waals surface area contributed by atoms with Crippen molar-refractivity contribution in [2.75, 3.05) is 12.4 Å². The molecule has 4 rings (SSSR count). The minimum atomic E-state index is -0.399. The van der Waals surface area contributed by atoms with Crippen LogP contribution in [-0.4, -0.2) is 36.2 Å². The fraction of sp³-hybridized carbons (Fsp3) is 0.286. The Balaban J connectivity index is 1.94. The molecule has 2 aromatic carbocycles. The second-order valence-electron chi connectivity index (χ2n) is 6.92. The number of aliphatic hydroxyl groups excluding tert-OH is 1. The van der Waals surface area contributed by atoms with E-state index in [1.807, 2.05) is 28.8 Å². The van der Waals surface area contributed by atoms with Crippen LogP contribution in [0.2, 0.25) is 0 Å². The summed E-state index contributed by atoms with van der Waals surface area (Å²) in [7, 11) is 3.11. The average molecular weight is 410 g/mol. The molecule has 8 heteroatoms. The molecule has 1 N–H and O–H groups in total. The van der Waals surface area contributed by atoms with Gasteiger partial charge in [0.1, 0.15) is 0 Å². The Labute approximate surface area is 171 Å². The number of benzene rings is 2. The fourth-order valence-corrected chi connectivity index (χ4v) is 4.43. The predicted octanol–water partition coefficient (Wildman–Crippen LogP) is 2.11. The van der Waals surface area contributed by atoms with E-state index >= 15 is 0 Å². The highest BCUT2D eigenvalue weighted by atomic mass is 32.2. The molecule has 0 fully saturated rings. The van der Waals surface area contributed by atoms with E-state index in [1.54, 1.807) is 7.05 Å². The van der Waals surface area contributed by atoms with Gasteiger partial charge in [0.05, 0.1) is 6.54 Å². The second kappa shape index (κ2) is 7.88. The lowest BCUT2D eigenvalue weighted by atomic mass is 10.0. The number of nitrogens with zero attached hydrogens (tertiary/aromatic N) is 4. The first-order valence-electron chi connectivity index (χ1n) is 9.39. The third-order valence-electron chi connectivity index (χ3n) is 5.05. The van der Waals surface area contributed by atoms with Crippen LogP contribution in [0.25, 0.3) is 21.9 Å². The lowest BCUT2D eigenvalue weighted by Crippen LogP contribution is -2.37. The molecule has 0 spiro atoms. The van der Waals surface area contributed by atoms with Gasteiger partial charge in [0, 0.05) is 26.5 Å². The normalized spacial score (nSPS) is 11.6. The summed E-state index contributed by atoms with van der Waals surface area (Å²) in [5, 5.41) is 12.0. The van der Waals surface area contributed by atoms with Crippen LogP contribution < -0.4 is 11.2 Å². The highest BCUT2D eigenvalue weighted by Gasteiger charge is 2.20. The number of aromatic nitrogens is 4. The number of hydrogen-bond acceptors (Lipinski definition) is 5. The summed E-state index contributed by atoms with van der Waals surface area (Å²) < 4.78 is 4.42. The first kappa shape index (κ1) is 19.5. The van der Waals surface area contributed by atoms with Crippen molar-refractivity contribution in [1.82, 2.24) is 18.7 Å². The molecular weight excluding hydrogens is 388 g/mol. The van der Waals surface area contributed by atoms with Crippen molar-refractivity contribution in [3.8, 4) is 0 Å². The van der Waals surface area contributed by atoms with Crippen molar-refractivity contribution >= 4 is 33.7 Å². The molecule has 29 heavy (non-hydrogen) atoms. The Morgan fingerprint density at radius 1 is 1.03 bits per heavy atom. The smallest absolute Gasteiger partial charge is 0.332 e. The molecule has 4 aromatic rings. The average Bonchev–Trinajstić information content (AvgIpc) is 3.09. The van der Waals surface area contributed by atoms with Gasteiger partial charge >= 0.3 is 5.69 Å². The van der Waals surface area contributed by atoms with Gasteiger partial charge in [-0.25, -0.2) is 9.78 Å². The standard InChI is InChI=1S/C21H22N4O3S/c1-23-18-17(19(27)24(2)21(23)28)25(20(22-18)29-12-6-11-26)13-15-9-5-8-14-7-3-4-10-16(14)15/h3-5,7-10,26H,6,11-13H2,1-2H3. The molecule has 0 saturated heterocycles. The molecule has 150 valence electrons. The Kier molecular flexibility index (Phi) is 5.29. The predicted molar refractivity (Wildman–Crippen MR) is 116 cm³/mol. The van der Waals surface area contributed by atoms with Gasteiger partial charge in [0.25, 0.3) is 5.56 Å². The minimum absolute atomic E-state index is 0.0941. The molecule has 2 aromatic heterocycles. The molecule has 0 atom stereocenters. The maximum Gasteiger partial charge on any atom is 0.332 e. The van der Waals surface area contributed by atoms with Gasteiger partial charge in [-0.1, -0.05) is 54.2 Å². The van der Waals surface area contributed by atoms with Crippen molar-refractivity contribution in [2.24, 2.45) is 14.1 Å². The van der Waals surface area contributed by atoms with Crippen LogP contribution in [0.5, 0.6) is 0 Å². The molecule has 0 aliphatic rings. The molecule has 0 radical (unpaired) electrons. The second-order valence-corrected chi connectivity index (χ2v) is 7.98. The quantitative estimate of drug-likeness (QED) is 0.389. The lowest BCUT2D eigenvalue weighted by Gasteiger charge is -2.11. The first-order chi connectivity index (χ1) is 14.0. The monoisotopic (exact) mass is 410 g/mol. The summed E-state index contributed by atoms with van der Waals surface area (Å²) in [6, 6.07) is 14.2. The van der Waals surface area contributed by atoms with E-state index in [2.05, 4.69) is 23.2 Å². The van der Waals surface area contributed by atoms with Crippen molar-refractivity contribution in [1.29, 1.82) is 0 Å². The van der Waals surface area contributed by atoms with Gasteiger partial charge in [0.15, 0.2) is 16.3 Å². The van der Waals surface area contributed by atoms with Crippen molar-refractivity contribution in [3.63, 3.8) is 0 Å². The van der Waals surface area contributed by atoms with E-state index in [0.29, 0.717) is 35.0 Å². The zero-order valence-corrected chi connectivity index (χ0v) is 17.1. The van der Waals surface area contributed by atoms with E-state index in [-0.39, 0.29) is 12.2 Å². The minimum Gasteiger partial charge on any atom is -0.396 e. The Bertz CT molecular complexity index is 1310. The summed E-state index contributed by atoms with van der Waals surface area (Å²) in [4.78, 5) is 29.9. The molecule has 2 heterocycles. The molecular formula is C21H22N4O3S. The van der Waals surface area contributed by atoms with Crippen LogP contribution in [0.1, 0.15) is 12.0 Å². The van der Waals surface area contributed by atoms with Crippen LogP contribution in [0, 0.1) is 0 Å². The summed E-state index contributed by atoms with van der Waals surface area (Å²) >= 11 is 1.48. The van der Waals surface area contributed by atoms with Crippen LogP contribution >= 0.6 is 11.8 Å². The molecule has 0 bridgehead atoms. The van der Waals surface area contributed by atoms with Gasteiger partial charge in [0.2, 0.25) is 0 Å². The molecule has 0 aliphatic carbocycles. The molecule has 0 aliphatic heterocycles. The maximum absolute atomic E-state index is 13.0. The molecule has 7 nitrogen and oxygen atoms in total. The lowest BCUT2D eigenvalue weighted by molar-refractivity contribution is 0.296. The van der Waals surface area contributed by atoms with Gasteiger partial charge in [-0.05, 0) is 22.8 Å². The maximum atomic E-state index is 13.0. The summed E-state index contributed by atoms with van der Waals surface area (Å²) in [5.74, 6) is 0.670. The van der Waals surface area contributed by atoms with E-state index in [9.17, 15) is 9.59 Å². The number of imidazole rings is 1. The number of hydrogen-bond donors (Lipinski definition) is 1. The number of thioether (sulfide) groups is 1. The van der Waals surface area contributed by atoms with Gasteiger partial charge < -0.3 is 9.67 Å². The SMILES string of the molecule is Cn1c(=O)c2c(nc(SCCCO)n2Cc2cccc3ccccc23)n(C)c1=O. The van der Waals surface area contributed by atoms with Crippen LogP contribution in [0.3, 0.4) is 0 Å². The summed E-state index contributed by atoms with van der Waals surface area (Å²) in [5.41, 5.74) is 1.11. The van der Waals surface area contributed by atoms with Crippen LogP contribution in [0.15, 0.2) is 57.2 Å². The van der Waals surface area contributed by atoms with Crippen molar-refractivity contribution in [2.45, 2.75) is 18.1 Å². The molecule has 0 unspecified atom stereocenters. The fourth-order valence-electron chi connectivity index (χ4n) is 3.51. The molecule has 0 saturated carbocycles. The van der Waals surface area contributed by atoms with Crippen LogP contribution in [-0.2, 0) is 20.6 Å².